The van der Waals surface area contributed by atoms with Gasteiger partial charge in [-0.2, -0.15) is 11.8 Å². The van der Waals surface area contributed by atoms with Crippen molar-refractivity contribution in [2.45, 2.75) is 63.1 Å². The van der Waals surface area contributed by atoms with Crippen molar-refractivity contribution in [3.8, 4) is 0 Å². The van der Waals surface area contributed by atoms with Crippen LogP contribution in [0.3, 0.4) is 0 Å². The number of anilines is 1. The van der Waals surface area contributed by atoms with Gasteiger partial charge in [-0.15, -0.1) is 0 Å². The lowest BCUT2D eigenvalue weighted by molar-refractivity contribution is -0.145. The molecule has 1 saturated carbocycles. The van der Waals surface area contributed by atoms with Gasteiger partial charge in [-0.25, -0.2) is 0 Å². The highest BCUT2D eigenvalue weighted by Crippen LogP contribution is 2.54. The molecule has 7 heteroatoms. The zero-order valence-corrected chi connectivity index (χ0v) is 18.4. The van der Waals surface area contributed by atoms with Crippen molar-refractivity contribution in [2.75, 3.05) is 17.3 Å². The SMILES string of the molecule is CCc1cccc2c1NC(=O)C21NC(CCSC)[C@H]2C(=O)N(C3CCCC3)C(=O)[C@H]21. The number of rotatable bonds is 5. The predicted molar refractivity (Wildman–Crippen MR) is 117 cm³/mol. The largest absolute Gasteiger partial charge is 0.324 e. The molecular formula is C23H29N3O3S. The van der Waals surface area contributed by atoms with E-state index in [1.807, 2.05) is 24.5 Å². The Labute approximate surface area is 181 Å². The molecule has 2 unspecified atom stereocenters. The van der Waals surface area contributed by atoms with Crippen LogP contribution < -0.4 is 10.6 Å². The maximum absolute atomic E-state index is 13.8. The van der Waals surface area contributed by atoms with Crippen LogP contribution >= 0.6 is 11.8 Å². The molecule has 4 aliphatic rings. The van der Waals surface area contributed by atoms with E-state index in [4.69, 9.17) is 0 Å². The second kappa shape index (κ2) is 7.38. The smallest absolute Gasteiger partial charge is 0.250 e. The molecule has 2 saturated heterocycles. The summed E-state index contributed by atoms with van der Waals surface area (Å²) in [4.78, 5) is 42.4. The van der Waals surface area contributed by atoms with Gasteiger partial charge >= 0.3 is 0 Å². The molecule has 3 amide bonds. The molecule has 3 heterocycles. The number of nitrogens with zero attached hydrogens (tertiary/aromatic N) is 1. The number of para-hydroxylation sites is 1. The first-order valence-corrected chi connectivity index (χ1v) is 12.5. The minimum absolute atomic E-state index is 0.000221. The fraction of sp³-hybridized carbons (Fsp3) is 0.609. The van der Waals surface area contributed by atoms with Gasteiger partial charge in [0.25, 0.3) is 0 Å². The molecule has 0 bridgehead atoms. The molecule has 4 atom stereocenters. The number of amides is 3. The second-order valence-electron chi connectivity index (χ2n) is 8.98. The summed E-state index contributed by atoms with van der Waals surface area (Å²) in [7, 11) is 0. The number of fused-ring (bicyclic) bond motifs is 4. The van der Waals surface area contributed by atoms with Crippen LogP contribution in [0, 0.1) is 11.8 Å². The summed E-state index contributed by atoms with van der Waals surface area (Å²) in [5, 5.41) is 6.61. The third-order valence-corrected chi connectivity index (χ3v) is 8.22. The monoisotopic (exact) mass is 427 g/mol. The minimum Gasteiger partial charge on any atom is -0.324 e. The topological polar surface area (TPSA) is 78.5 Å². The molecule has 3 fully saturated rings. The third-order valence-electron chi connectivity index (χ3n) is 7.57. The number of likely N-dealkylation sites (tertiary alicyclic amines) is 1. The molecule has 6 nitrogen and oxygen atoms in total. The van der Waals surface area contributed by atoms with Crippen LogP contribution in [0.25, 0.3) is 0 Å². The number of hydrogen-bond acceptors (Lipinski definition) is 5. The van der Waals surface area contributed by atoms with E-state index >= 15 is 0 Å². The summed E-state index contributed by atoms with van der Waals surface area (Å²) in [5.74, 6) is -0.653. The highest BCUT2D eigenvalue weighted by atomic mass is 32.2. The first-order chi connectivity index (χ1) is 14.5. The van der Waals surface area contributed by atoms with Gasteiger partial charge in [-0.1, -0.05) is 38.0 Å². The molecule has 1 aliphatic carbocycles. The molecule has 0 aromatic heterocycles. The van der Waals surface area contributed by atoms with Gasteiger partial charge in [0.2, 0.25) is 17.7 Å². The first kappa shape index (κ1) is 20.1. The number of carbonyl (C=O) groups excluding carboxylic acids is 3. The van der Waals surface area contributed by atoms with Crippen LogP contribution in [-0.4, -0.2) is 46.7 Å². The standard InChI is InChI=1S/C23H29N3O3S/c1-3-13-7-6-10-15-19(13)24-22(29)23(15)18-17(16(25-23)11-12-30-2)20(27)26(21(18)28)14-8-4-5-9-14/h6-7,10,14,16-18,25H,3-5,8-9,11-12H2,1-2H3,(H,24,29)/t16?,17-,18+,23?/m1/s1. The lowest BCUT2D eigenvalue weighted by atomic mass is 9.76. The average molecular weight is 428 g/mol. The van der Waals surface area contributed by atoms with Gasteiger partial charge in [0.05, 0.1) is 11.8 Å². The number of imide groups is 1. The van der Waals surface area contributed by atoms with E-state index in [0.717, 1.165) is 61.1 Å². The Morgan fingerprint density at radius 1 is 1.17 bits per heavy atom. The van der Waals surface area contributed by atoms with Crippen molar-refractivity contribution in [1.82, 2.24) is 10.2 Å². The highest BCUT2D eigenvalue weighted by molar-refractivity contribution is 7.98. The Balaban J connectivity index is 1.63. The molecule has 1 spiro atoms. The zero-order chi connectivity index (χ0) is 21.0. The van der Waals surface area contributed by atoms with E-state index in [1.54, 1.807) is 16.7 Å². The summed E-state index contributed by atoms with van der Waals surface area (Å²) >= 11 is 1.72. The molecule has 1 aromatic carbocycles. The summed E-state index contributed by atoms with van der Waals surface area (Å²) in [6.07, 6.45) is 7.48. The lowest BCUT2D eigenvalue weighted by Gasteiger charge is -2.31. The normalized spacial score (nSPS) is 32.9. The van der Waals surface area contributed by atoms with E-state index < -0.39 is 17.4 Å². The van der Waals surface area contributed by atoms with Gasteiger partial charge in [-0.3, -0.25) is 24.6 Å². The number of nitrogens with one attached hydrogen (secondary N) is 2. The maximum Gasteiger partial charge on any atom is 0.250 e. The summed E-state index contributed by atoms with van der Waals surface area (Å²) in [6, 6.07) is 5.75. The molecule has 5 rings (SSSR count). The van der Waals surface area contributed by atoms with Gasteiger partial charge in [-0.05, 0) is 43.3 Å². The van der Waals surface area contributed by atoms with Crippen molar-refractivity contribution >= 4 is 35.2 Å². The van der Waals surface area contributed by atoms with Crippen molar-refractivity contribution in [3.05, 3.63) is 29.3 Å². The molecule has 2 N–H and O–H groups in total. The van der Waals surface area contributed by atoms with Crippen LogP contribution in [0.2, 0.25) is 0 Å². The predicted octanol–water partition coefficient (Wildman–Crippen LogP) is 2.67. The number of aryl methyl sites for hydroxylation is 1. The van der Waals surface area contributed by atoms with Crippen molar-refractivity contribution in [1.29, 1.82) is 0 Å². The van der Waals surface area contributed by atoms with E-state index in [0.29, 0.717) is 0 Å². The summed E-state index contributed by atoms with van der Waals surface area (Å²) < 4.78 is 0. The lowest BCUT2D eigenvalue weighted by Crippen LogP contribution is -2.54. The number of thioether (sulfide) groups is 1. The van der Waals surface area contributed by atoms with Gasteiger partial charge < -0.3 is 5.32 Å². The number of carbonyl (C=O) groups is 3. The fourth-order valence-corrected chi connectivity index (χ4v) is 6.71. The van der Waals surface area contributed by atoms with Gasteiger partial charge in [0.1, 0.15) is 5.54 Å². The van der Waals surface area contributed by atoms with Gasteiger partial charge in [0, 0.05) is 23.3 Å². The van der Waals surface area contributed by atoms with Crippen LogP contribution in [0.5, 0.6) is 0 Å². The van der Waals surface area contributed by atoms with Crippen LogP contribution in [0.15, 0.2) is 18.2 Å². The number of benzene rings is 1. The van der Waals surface area contributed by atoms with Crippen LogP contribution in [0.1, 0.15) is 50.2 Å². The Hall–Kier alpha value is -1.86. The molecule has 1 aromatic rings. The van der Waals surface area contributed by atoms with Crippen LogP contribution in [0.4, 0.5) is 5.69 Å². The van der Waals surface area contributed by atoms with Gasteiger partial charge in [0.15, 0.2) is 0 Å². The zero-order valence-electron chi connectivity index (χ0n) is 17.6. The van der Waals surface area contributed by atoms with E-state index in [-0.39, 0.29) is 29.8 Å². The molecule has 160 valence electrons. The first-order valence-electron chi connectivity index (χ1n) is 11.1. The van der Waals surface area contributed by atoms with E-state index in [2.05, 4.69) is 17.6 Å². The van der Waals surface area contributed by atoms with Crippen molar-refractivity contribution in [2.24, 2.45) is 11.8 Å². The van der Waals surface area contributed by atoms with E-state index in [9.17, 15) is 14.4 Å². The Kier molecular flexibility index (Phi) is 4.93. The molecule has 0 radical (unpaired) electrons. The molecule has 3 aliphatic heterocycles. The summed E-state index contributed by atoms with van der Waals surface area (Å²) in [5.41, 5.74) is 1.58. The number of hydrogen-bond donors (Lipinski definition) is 2. The van der Waals surface area contributed by atoms with Crippen molar-refractivity contribution in [3.63, 3.8) is 0 Å². The highest BCUT2D eigenvalue weighted by Gasteiger charge is 2.70. The Morgan fingerprint density at radius 3 is 2.63 bits per heavy atom. The average Bonchev–Trinajstić information content (AvgIpc) is 3.48. The van der Waals surface area contributed by atoms with Crippen molar-refractivity contribution < 1.29 is 14.4 Å². The Bertz CT molecular complexity index is 913. The second-order valence-corrected chi connectivity index (χ2v) is 9.96. The fourth-order valence-electron chi connectivity index (χ4n) is 6.22. The maximum atomic E-state index is 13.8. The molecular weight excluding hydrogens is 398 g/mol. The third kappa shape index (κ3) is 2.57. The minimum atomic E-state index is -1.14. The summed E-state index contributed by atoms with van der Waals surface area (Å²) in [6.45, 7) is 2.06. The Morgan fingerprint density at radius 2 is 1.93 bits per heavy atom. The van der Waals surface area contributed by atoms with E-state index in [1.165, 1.54) is 0 Å². The quantitative estimate of drug-likeness (QED) is 0.707. The van der Waals surface area contributed by atoms with Crippen LogP contribution in [-0.2, 0) is 26.3 Å². The molecule has 30 heavy (non-hydrogen) atoms.